The molecule has 0 aromatic heterocycles. The molecule has 3 aromatic carbocycles. The van der Waals surface area contributed by atoms with E-state index in [1.54, 1.807) is 72.8 Å². The van der Waals surface area contributed by atoms with Crippen LogP contribution >= 0.6 is 7.82 Å². The molecule has 0 radical (unpaired) electrons. The van der Waals surface area contributed by atoms with Crippen LogP contribution in [0.4, 0.5) is 0 Å². The number of para-hydroxylation sites is 3. The fraction of sp³-hybridized carbons (Fsp3) is 0. The second kappa shape index (κ2) is 8.68. The number of phosphoric acid groups is 1. The van der Waals surface area contributed by atoms with Crippen molar-refractivity contribution in [1.82, 2.24) is 0 Å². The molecule has 0 saturated carbocycles. The van der Waals surface area contributed by atoms with Crippen LogP contribution in [-0.2, 0) is 24.0 Å². The van der Waals surface area contributed by atoms with Gasteiger partial charge in [-0.05, 0) is 36.4 Å². The van der Waals surface area contributed by atoms with E-state index in [9.17, 15) is 4.57 Å². The van der Waals surface area contributed by atoms with E-state index in [1.165, 1.54) is 0 Å². The SMILES string of the molecule is O=P(Oc1ccccc1)(Oc1ccccc1)Oc1ccccc1.[Ru]. The average Bonchev–Trinajstić information content (AvgIpc) is 2.57. The molecule has 4 nitrogen and oxygen atoms in total. The molecule has 3 rings (SSSR count). The molecular formula is C18H15O4PRu. The molecule has 0 saturated heterocycles. The van der Waals surface area contributed by atoms with Crippen LogP contribution in [0.2, 0.25) is 0 Å². The minimum atomic E-state index is -3.89. The van der Waals surface area contributed by atoms with Gasteiger partial charge in [0.25, 0.3) is 0 Å². The van der Waals surface area contributed by atoms with Crippen LogP contribution in [0.15, 0.2) is 91.0 Å². The van der Waals surface area contributed by atoms with Gasteiger partial charge in [0, 0.05) is 19.5 Å². The predicted octanol–water partition coefficient (Wildman–Crippen LogP) is 5.33. The zero-order valence-corrected chi connectivity index (χ0v) is 15.2. The molecule has 0 fully saturated rings. The van der Waals surface area contributed by atoms with Gasteiger partial charge >= 0.3 is 7.82 Å². The van der Waals surface area contributed by atoms with E-state index >= 15 is 0 Å². The van der Waals surface area contributed by atoms with Crippen LogP contribution in [-0.4, -0.2) is 0 Å². The van der Waals surface area contributed by atoms with Crippen molar-refractivity contribution in [1.29, 1.82) is 0 Å². The smallest absolute Gasteiger partial charge is 0.386 e. The van der Waals surface area contributed by atoms with Crippen molar-refractivity contribution in [3.63, 3.8) is 0 Å². The normalized spacial score (nSPS) is 10.3. The molecule has 0 heterocycles. The Hall–Kier alpha value is -2.09. The van der Waals surface area contributed by atoms with Gasteiger partial charge in [-0.25, -0.2) is 0 Å². The summed E-state index contributed by atoms with van der Waals surface area (Å²) in [7, 11) is -3.89. The molecule has 0 amide bonds. The monoisotopic (exact) mass is 428 g/mol. The third-order valence-corrected chi connectivity index (χ3v) is 4.18. The molecule has 0 aliphatic heterocycles. The molecular weight excluding hydrogens is 412 g/mol. The van der Waals surface area contributed by atoms with Gasteiger partial charge < -0.3 is 13.6 Å². The molecule has 24 heavy (non-hydrogen) atoms. The van der Waals surface area contributed by atoms with E-state index in [0.29, 0.717) is 17.2 Å². The van der Waals surface area contributed by atoms with Gasteiger partial charge in [0.05, 0.1) is 0 Å². The summed E-state index contributed by atoms with van der Waals surface area (Å²) in [5.41, 5.74) is 0. The second-order valence-electron chi connectivity index (χ2n) is 4.66. The molecule has 0 aliphatic rings. The summed E-state index contributed by atoms with van der Waals surface area (Å²) in [5, 5.41) is 0. The quantitative estimate of drug-likeness (QED) is 0.394. The van der Waals surface area contributed by atoms with Crippen LogP contribution in [0.5, 0.6) is 17.2 Å². The summed E-state index contributed by atoms with van der Waals surface area (Å²) in [6, 6.07) is 26.4. The Kier molecular flexibility index (Phi) is 6.60. The van der Waals surface area contributed by atoms with E-state index in [2.05, 4.69) is 0 Å². The molecule has 3 aromatic rings. The number of hydrogen-bond acceptors (Lipinski definition) is 4. The standard InChI is InChI=1S/C18H15O4P.Ru/c19-23(20-16-10-4-1-5-11-16,21-17-12-6-2-7-13-17)22-18-14-8-3-9-15-18;/h1-15H;. The minimum Gasteiger partial charge on any atom is -0.386 e. The van der Waals surface area contributed by atoms with Gasteiger partial charge in [-0.15, -0.1) is 0 Å². The first-order valence-electron chi connectivity index (χ1n) is 7.07. The Morgan fingerprint density at radius 2 is 0.750 bits per heavy atom. The van der Waals surface area contributed by atoms with Crippen LogP contribution in [0.3, 0.4) is 0 Å². The van der Waals surface area contributed by atoms with Crippen molar-refractivity contribution < 1.29 is 37.6 Å². The average molecular weight is 427 g/mol. The Balaban J connectivity index is 0.00000208. The zero-order valence-electron chi connectivity index (χ0n) is 12.6. The molecule has 6 heteroatoms. The van der Waals surface area contributed by atoms with Gasteiger partial charge in [0.1, 0.15) is 17.2 Å². The van der Waals surface area contributed by atoms with Gasteiger partial charge in [0.15, 0.2) is 0 Å². The second-order valence-corrected chi connectivity index (χ2v) is 6.10. The van der Waals surface area contributed by atoms with Crippen LogP contribution in [0, 0.1) is 0 Å². The van der Waals surface area contributed by atoms with E-state index in [4.69, 9.17) is 13.6 Å². The van der Waals surface area contributed by atoms with Crippen LogP contribution in [0.25, 0.3) is 0 Å². The molecule has 0 atom stereocenters. The Labute approximate surface area is 153 Å². The fourth-order valence-electron chi connectivity index (χ4n) is 1.89. The largest absolute Gasteiger partial charge is 0.647 e. The van der Waals surface area contributed by atoms with Gasteiger partial charge in [0.2, 0.25) is 0 Å². The van der Waals surface area contributed by atoms with Gasteiger partial charge in [-0.1, -0.05) is 54.6 Å². The third-order valence-electron chi connectivity index (χ3n) is 2.88. The predicted molar refractivity (Wildman–Crippen MR) is 88.8 cm³/mol. The summed E-state index contributed by atoms with van der Waals surface area (Å²) in [5.74, 6) is 1.22. The maximum Gasteiger partial charge on any atom is 0.647 e. The first-order valence-corrected chi connectivity index (χ1v) is 8.54. The third kappa shape index (κ3) is 5.23. The first kappa shape index (κ1) is 18.3. The first-order chi connectivity index (χ1) is 11.2. The van der Waals surface area contributed by atoms with Crippen molar-refractivity contribution in [2.24, 2.45) is 0 Å². The Morgan fingerprint density at radius 3 is 1.00 bits per heavy atom. The number of rotatable bonds is 6. The van der Waals surface area contributed by atoms with E-state index < -0.39 is 7.82 Å². The summed E-state index contributed by atoms with van der Waals surface area (Å²) < 4.78 is 29.6. The van der Waals surface area contributed by atoms with Crippen molar-refractivity contribution in [2.75, 3.05) is 0 Å². The molecule has 0 bridgehead atoms. The number of hydrogen-bond donors (Lipinski definition) is 0. The summed E-state index contributed by atoms with van der Waals surface area (Å²) >= 11 is 0. The summed E-state index contributed by atoms with van der Waals surface area (Å²) in [6.45, 7) is 0. The van der Waals surface area contributed by atoms with E-state index in [-0.39, 0.29) is 19.5 Å². The number of phosphoric ester groups is 1. The van der Waals surface area contributed by atoms with E-state index in [0.717, 1.165) is 0 Å². The van der Waals surface area contributed by atoms with Crippen LogP contribution in [0.1, 0.15) is 0 Å². The van der Waals surface area contributed by atoms with Crippen molar-refractivity contribution in [3.05, 3.63) is 91.0 Å². The maximum absolute atomic E-state index is 13.1. The molecule has 0 spiro atoms. The van der Waals surface area contributed by atoms with Crippen molar-refractivity contribution >= 4 is 7.82 Å². The van der Waals surface area contributed by atoms with Crippen molar-refractivity contribution in [2.45, 2.75) is 0 Å². The van der Waals surface area contributed by atoms with E-state index in [1.807, 2.05) is 18.2 Å². The van der Waals surface area contributed by atoms with Gasteiger partial charge in [-0.3, -0.25) is 0 Å². The Bertz CT molecular complexity index is 674. The summed E-state index contributed by atoms with van der Waals surface area (Å²) in [6.07, 6.45) is 0. The molecule has 0 N–H and O–H groups in total. The maximum atomic E-state index is 13.1. The molecule has 0 unspecified atom stereocenters. The molecule has 124 valence electrons. The molecule has 0 aliphatic carbocycles. The fourth-order valence-corrected chi connectivity index (χ4v) is 3.14. The number of benzene rings is 3. The van der Waals surface area contributed by atoms with Crippen LogP contribution < -0.4 is 13.6 Å². The Morgan fingerprint density at radius 1 is 0.500 bits per heavy atom. The van der Waals surface area contributed by atoms with Gasteiger partial charge in [-0.2, -0.15) is 4.57 Å². The topological polar surface area (TPSA) is 44.8 Å². The summed E-state index contributed by atoms with van der Waals surface area (Å²) in [4.78, 5) is 0. The van der Waals surface area contributed by atoms with Crippen molar-refractivity contribution in [3.8, 4) is 17.2 Å². The minimum absolute atomic E-state index is 0. The zero-order chi connectivity index (χ0) is 16.0.